The van der Waals surface area contributed by atoms with Crippen molar-refractivity contribution in [3.63, 3.8) is 0 Å². The molecule has 0 bridgehead atoms. The van der Waals surface area contributed by atoms with Gasteiger partial charge in [-0.1, -0.05) is 30.3 Å². The maximum Gasteiger partial charge on any atom is 0.410 e. The van der Waals surface area contributed by atoms with Gasteiger partial charge in [0.1, 0.15) is 6.61 Å². The lowest BCUT2D eigenvalue weighted by Gasteiger charge is -2.16. The molecule has 1 saturated heterocycles. The molecule has 18 heavy (non-hydrogen) atoms. The van der Waals surface area contributed by atoms with E-state index >= 15 is 0 Å². The predicted octanol–water partition coefficient (Wildman–Crippen LogP) is 2.03. The van der Waals surface area contributed by atoms with E-state index in [9.17, 15) is 4.79 Å². The van der Waals surface area contributed by atoms with Gasteiger partial charge in [-0.15, -0.1) is 0 Å². The Labute approximate surface area is 107 Å². The molecule has 1 atom stereocenters. The van der Waals surface area contributed by atoms with Crippen molar-refractivity contribution in [2.75, 3.05) is 19.7 Å². The van der Waals surface area contributed by atoms with Crippen LogP contribution in [0.3, 0.4) is 0 Å². The first kappa shape index (κ1) is 12.9. The van der Waals surface area contributed by atoms with E-state index in [0.717, 1.165) is 24.9 Å². The zero-order valence-electron chi connectivity index (χ0n) is 10.4. The number of likely N-dealkylation sites (tertiary alicyclic amines) is 1. The lowest BCUT2D eigenvalue weighted by molar-refractivity contribution is 0.102. The van der Waals surface area contributed by atoms with Crippen molar-refractivity contribution in [1.29, 1.82) is 0 Å². The minimum atomic E-state index is -0.251. The van der Waals surface area contributed by atoms with Crippen molar-refractivity contribution in [2.45, 2.75) is 19.4 Å². The molecular formula is C14H19NO3. The van der Waals surface area contributed by atoms with E-state index in [2.05, 4.69) is 0 Å². The second-order valence-electron chi connectivity index (χ2n) is 4.65. The molecule has 1 aliphatic heterocycles. The predicted molar refractivity (Wildman–Crippen MR) is 68.0 cm³/mol. The molecule has 2 rings (SSSR count). The molecule has 0 spiro atoms. The monoisotopic (exact) mass is 249 g/mol. The summed E-state index contributed by atoms with van der Waals surface area (Å²) in [5.41, 5.74) is 0.997. The number of hydrogen-bond donors (Lipinski definition) is 1. The first-order valence-electron chi connectivity index (χ1n) is 6.36. The van der Waals surface area contributed by atoms with Crippen LogP contribution in [0.25, 0.3) is 0 Å². The Kier molecular flexibility index (Phi) is 4.59. The lowest BCUT2D eigenvalue weighted by Crippen LogP contribution is -2.29. The molecule has 0 aliphatic carbocycles. The van der Waals surface area contributed by atoms with Crippen molar-refractivity contribution < 1.29 is 14.6 Å². The summed E-state index contributed by atoms with van der Waals surface area (Å²) in [5, 5.41) is 8.87. The number of rotatable bonds is 4. The summed E-state index contributed by atoms with van der Waals surface area (Å²) in [6.45, 7) is 1.95. The third-order valence-corrected chi connectivity index (χ3v) is 3.29. The molecule has 1 aromatic rings. The third kappa shape index (κ3) is 3.47. The highest BCUT2D eigenvalue weighted by molar-refractivity contribution is 5.68. The van der Waals surface area contributed by atoms with Gasteiger partial charge < -0.3 is 14.7 Å². The Bertz CT molecular complexity index is 380. The standard InChI is InChI=1S/C14H19NO3/c16-9-7-12-6-8-15(10-12)14(17)18-11-13-4-2-1-3-5-13/h1-5,12,16H,6-11H2/t12-/m1/s1. The number of carbonyl (C=O) groups is 1. The molecular weight excluding hydrogens is 230 g/mol. The fraction of sp³-hybridized carbons (Fsp3) is 0.500. The smallest absolute Gasteiger partial charge is 0.410 e. The van der Waals surface area contributed by atoms with Gasteiger partial charge in [0.2, 0.25) is 0 Å². The first-order chi connectivity index (χ1) is 8.79. The normalized spacial score (nSPS) is 18.9. The lowest BCUT2D eigenvalue weighted by atomic mass is 10.1. The van der Waals surface area contributed by atoms with Crippen LogP contribution in [0.1, 0.15) is 18.4 Å². The summed E-state index contributed by atoms with van der Waals surface area (Å²) < 4.78 is 5.26. The van der Waals surface area contributed by atoms with Gasteiger partial charge in [-0.3, -0.25) is 0 Å². The Morgan fingerprint density at radius 1 is 1.39 bits per heavy atom. The number of aliphatic hydroxyl groups excluding tert-OH is 1. The Balaban J connectivity index is 1.76. The fourth-order valence-corrected chi connectivity index (χ4v) is 2.23. The molecule has 1 amide bonds. The zero-order chi connectivity index (χ0) is 12.8. The van der Waals surface area contributed by atoms with Gasteiger partial charge >= 0.3 is 6.09 Å². The van der Waals surface area contributed by atoms with Crippen LogP contribution >= 0.6 is 0 Å². The maximum absolute atomic E-state index is 11.8. The third-order valence-electron chi connectivity index (χ3n) is 3.29. The summed E-state index contributed by atoms with van der Waals surface area (Å²) in [7, 11) is 0. The Morgan fingerprint density at radius 2 is 2.17 bits per heavy atom. The van der Waals surface area contributed by atoms with Crippen LogP contribution in [0.4, 0.5) is 4.79 Å². The van der Waals surface area contributed by atoms with E-state index < -0.39 is 0 Å². The average Bonchev–Trinajstić information content (AvgIpc) is 2.86. The van der Waals surface area contributed by atoms with Crippen LogP contribution < -0.4 is 0 Å². The van der Waals surface area contributed by atoms with Crippen molar-refractivity contribution in [2.24, 2.45) is 5.92 Å². The summed E-state index contributed by atoms with van der Waals surface area (Å²) in [4.78, 5) is 13.5. The molecule has 1 heterocycles. The van der Waals surface area contributed by atoms with Crippen LogP contribution in [0.2, 0.25) is 0 Å². The van der Waals surface area contributed by atoms with E-state index in [1.165, 1.54) is 0 Å². The van der Waals surface area contributed by atoms with E-state index in [-0.39, 0.29) is 12.7 Å². The summed E-state index contributed by atoms with van der Waals surface area (Å²) >= 11 is 0. The summed E-state index contributed by atoms with van der Waals surface area (Å²) in [6.07, 6.45) is 1.48. The van der Waals surface area contributed by atoms with Gasteiger partial charge in [0.15, 0.2) is 0 Å². The molecule has 0 radical (unpaired) electrons. The van der Waals surface area contributed by atoms with Crippen LogP contribution in [0, 0.1) is 5.92 Å². The number of carbonyl (C=O) groups excluding carboxylic acids is 1. The Morgan fingerprint density at radius 3 is 2.89 bits per heavy atom. The molecule has 98 valence electrons. The van der Waals surface area contributed by atoms with Crippen molar-refractivity contribution in [1.82, 2.24) is 4.90 Å². The highest BCUT2D eigenvalue weighted by atomic mass is 16.6. The molecule has 1 aliphatic rings. The minimum absolute atomic E-state index is 0.192. The van der Waals surface area contributed by atoms with E-state index in [1.54, 1.807) is 4.90 Å². The molecule has 1 aromatic carbocycles. The van der Waals surface area contributed by atoms with Gasteiger partial charge in [-0.05, 0) is 24.3 Å². The molecule has 1 N–H and O–H groups in total. The first-order valence-corrected chi connectivity index (χ1v) is 6.36. The van der Waals surface area contributed by atoms with Gasteiger partial charge in [-0.25, -0.2) is 4.79 Å². The van der Waals surface area contributed by atoms with Gasteiger partial charge in [-0.2, -0.15) is 0 Å². The number of ether oxygens (including phenoxy) is 1. The quantitative estimate of drug-likeness (QED) is 0.888. The minimum Gasteiger partial charge on any atom is -0.445 e. The molecule has 0 saturated carbocycles. The molecule has 0 aromatic heterocycles. The summed E-state index contributed by atoms with van der Waals surface area (Å²) in [6, 6.07) is 9.66. The van der Waals surface area contributed by atoms with Crippen molar-refractivity contribution in [3.8, 4) is 0 Å². The zero-order valence-corrected chi connectivity index (χ0v) is 10.4. The van der Waals surface area contributed by atoms with Crippen molar-refractivity contribution in [3.05, 3.63) is 35.9 Å². The second kappa shape index (κ2) is 6.40. The Hall–Kier alpha value is -1.55. The highest BCUT2D eigenvalue weighted by Gasteiger charge is 2.26. The van der Waals surface area contributed by atoms with Gasteiger partial charge in [0, 0.05) is 19.7 Å². The maximum atomic E-state index is 11.8. The van der Waals surface area contributed by atoms with Crippen LogP contribution in [-0.4, -0.2) is 35.8 Å². The fourth-order valence-electron chi connectivity index (χ4n) is 2.23. The van der Waals surface area contributed by atoms with Crippen LogP contribution in [0.15, 0.2) is 30.3 Å². The second-order valence-corrected chi connectivity index (χ2v) is 4.65. The topological polar surface area (TPSA) is 49.8 Å². The molecule has 1 fully saturated rings. The molecule has 0 unspecified atom stereocenters. The average molecular weight is 249 g/mol. The highest BCUT2D eigenvalue weighted by Crippen LogP contribution is 2.20. The van der Waals surface area contributed by atoms with E-state index in [1.807, 2.05) is 30.3 Å². The number of nitrogens with zero attached hydrogens (tertiary/aromatic N) is 1. The molecule has 4 nitrogen and oxygen atoms in total. The van der Waals surface area contributed by atoms with Gasteiger partial charge in [0.05, 0.1) is 0 Å². The van der Waals surface area contributed by atoms with E-state index in [0.29, 0.717) is 19.1 Å². The van der Waals surface area contributed by atoms with Crippen LogP contribution in [0.5, 0.6) is 0 Å². The van der Waals surface area contributed by atoms with Crippen LogP contribution in [-0.2, 0) is 11.3 Å². The molecule has 4 heteroatoms. The largest absolute Gasteiger partial charge is 0.445 e. The number of hydrogen-bond acceptors (Lipinski definition) is 3. The SMILES string of the molecule is O=C(OCc1ccccc1)N1CC[C@H](CCO)C1. The number of aliphatic hydroxyl groups is 1. The van der Waals surface area contributed by atoms with Gasteiger partial charge in [0.25, 0.3) is 0 Å². The number of amides is 1. The summed E-state index contributed by atoms with van der Waals surface area (Å²) in [5.74, 6) is 0.416. The van der Waals surface area contributed by atoms with Crippen molar-refractivity contribution >= 4 is 6.09 Å². The number of benzene rings is 1. The van der Waals surface area contributed by atoms with E-state index in [4.69, 9.17) is 9.84 Å².